The van der Waals surface area contributed by atoms with E-state index in [2.05, 4.69) is 6.92 Å². The number of carbonyl (C=O) groups is 1. The predicted molar refractivity (Wildman–Crippen MR) is 65.8 cm³/mol. The Morgan fingerprint density at radius 2 is 2.12 bits per heavy atom. The monoisotopic (exact) mass is 234 g/mol. The van der Waals surface area contributed by atoms with Crippen LogP contribution in [0.5, 0.6) is 5.75 Å². The van der Waals surface area contributed by atoms with E-state index in [0.717, 1.165) is 13.0 Å². The van der Waals surface area contributed by atoms with Crippen LogP contribution < -0.4 is 5.73 Å². The largest absolute Gasteiger partial charge is 0.508 e. The molecule has 3 N–H and O–H groups in total. The average molecular weight is 234 g/mol. The Kier molecular flexibility index (Phi) is 3.33. The number of amides is 1. The van der Waals surface area contributed by atoms with Crippen LogP contribution in [0.15, 0.2) is 24.3 Å². The molecule has 0 radical (unpaired) electrons. The van der Waals surface area contributed by atoms with Gasteiger partial charge in [0.2, 0.25) is 0 Å². The number of carbonyl (C=O) groups excluding carboxylic acids is 1. The molecular weight excluding hydrogens is 216 g/mol. The molecule has 1 aliphatic heterocycles. The molecule has 17 heavy (non-hydrogen) atoms. The summed E-state index contributed by atoms with van der Waals surface area (Å²) in [6.07, 6.45) is 1.01. The summed E-state index contributed by atoms with van der Waals surface area (Å²) >= 11 is 0. The average Bonchev–Trinajstić information content (AvgIpc) is 2.70. The fourth-order valence-electron chi connectivity index (χ4n) is 2.39. The molecule has 0 bridgehead atoms. The minimum atomic E-state index is 0.00444. The molecule has 4 heteroatoms. The normalized spacial score (nSPS) is 24.0. The zero-order chi connectivity index (χ0) is 12.4. The highest BCUT2D eigenvalue weighted by molar-refractivity contribution is 5.94. The lowest BCUT2D eigenvalue weighted by Crippen LogP contribution is -2.42. The molecule has 0 aliphatic carbocycles. The van der Waals surface area contributed by atoms with E-state index in [-0.39, 0.29) is 17.7 Å². The summed E-state index contributed by atoms with van der Waals surface area (Å²) in [7, 11) is 0. The van der Waals surface area contributed by atoms with Crippen LogP contribution in [0.2, 0.25) is 0 Å². The molecule has 1 saturated heterocycles. The van der Waals surface area contributed by atoms with Crippen LogP contribution in [0.3, 0.4) is 0 Å². The Bertz CT molecular complexity index is 402. The van der Waals surface area contributed by atoms with Crippen molar-refractivity contribution >= 4 is 5.91 Å². The van der Waals surface area contributed by atoms with E-state index in [1.165, 1.54) is 12.1 Å². The number of nitrogens with zero attached hydrogens (tertiary/aromatic N) is 1. The highest BCUT2D eigenvalue weighted by atomic mass is 16.3. The highest BCUT2D eigenvalue weighted by Crippen LogP contribution is 2.25. The fraction of sp³-hybridized carbons (Fsp3) is 0.462. The van der Waals surface area contributed by atoms with Crippen molar-refractivity contribution in [1.29, 1.82) is 0 Å². The van der Waals surface area contributed by atoms with Crippen LogP contribution in [0, 0.1) is 5.92 Å². The van der Waals surface area contributed by atoms with Crippen molar-refractivity contribution in [3.63, 3.8) is 0 Å². The van der Waals surface area contributed by atoms with Crippen LogP contribution in [0.1, 0.15) is 23.7 Å². The van der Waals surface area contributed by atoms with E-state index in [9.17, 15) is 9.90 Å². The Balaban J connectivity index is 2.17. The Labute approximate surface area is 101 Å². The van der Waals surface area contributed by atoms with E-state index in [1.807, 2.05) is 4.90 Å². The Hall–Kier alpha value is -1.55. The smallest absolute Gasteiger partial charge is 0.254 e. The second-order valence-corrected chi connectivity index (χ2v) is 4.61. The number of rotatable bonds is 2. The molecule has 1 amide bonds. The summed E-state index contributed by atoms with van der Waals surface area (Å²) in [4.78, 5) is 14.1. The minimum absolute atomic E-state index is 0.00444. The van der Waals surface area contributed by atoms with Crippen LogP contribution in [-0.2, 0) is 0 Å². The van der Waals surface area contributed by atoms with Gasteiger partial charge in [0.05, 0.1) is 0 Å². The SMILES string of the molecule is CC1CCN(C(=O)c2ccc(O)cc2)C1CN. The van der Waals surface area contributed by atoms with E-state index in [4.69, 9.17) is 5.73 Å². The summed E-state index contributed by atoms with van der Waals surface area (Å²) in [6, 6.07) is 6.49. The third-order valence-electron chi connectivity index (χ3n) is 3.50. The van der Waals surface area contributed by atoms with E-state index < -0.39 is 0 Å². The summed E-state index contributed by atoms with van der Waals surface area (Å²) in [5.74, 6) is 0.637. The quantitative estimate of drug-likeness (QED) is 0.808. The van der Waals surface area contributed by atoms with Crippen molar-refractivity contribution in [1.82, 2.24) is 4.90 Å². The van der Waals surface area contributed by atoms with Crippen LogP contribution >= 0.6 is 0 Å². The van der Waals surface area contributed by atoms with Crippen molar-refractivity contribution in [3.8, 4) is 5.75 Å². The van der Waals surface area contributed by atoms with Gasteiger partial charge in [-0.25, -0.2) is 0 Å². The number of benzene rings is 1. The Morgan fingerprint density at radius 3 is 2.71 bits per heavy atom. The lowest BCUT2D eigenvalue weighted by atomic mass is 10.0. The lowest BCUT2D eigenvalue weighted by Gasteiger charge is -2.25. The number of aromatic hydroxyl groups is 1. The van der Waals surface area contributed by atoms with Gasteiger partial charge in [0.1, 0.15) is 5.75 Å². The highest BCUT2D eigenvalue weighted by Gasteiger charge is 2.33. The second kappa shape index (κ2) is 4.75. The molecule has 92 valence electrons. The standard InChI is InChI=1S/C13H18N2O2/c1-9-6-7-15(12(9)8-14)13(17)10-2-4-11(16)5-3-10/h2-5,9,12,16H,6-8,14H2,1H3. The van der Waals surface area contributed by atoms with Crippen molar-refractivity contribution in [3.05, 3.63) is 29.8 Å². The van der Waals surface area contributed by atoms with Gasteiger partial charge in [0.25, 0.3) is 5.91 Å². The number of hydrogen-bond acceptors (Lipinski definition) is 3. The van der Waals surface area contributed by atoms with Crippen molar-refractivity contribution in [2.24, 2.45) is 11.7 Å². The topological polar surface area (TPSA) is 66.6 Å². The van der Waals surface area contributed by atoms with Crippen molar-refractivity contribution < 1.29 is 9.90 Å². The number of hydrogen-bond donors (Lipinski definition) is 2. The molecule has 2 rings (SSSR count). The van der Waals surface area contributed by atoms with Crippen molar-refractivity contribution in [2.75, 3.05) is 13.1 Å². The number of phenols is 1. The minimum Gasteiger partial charge on any atom is -0.508 e. The number of likely N-dealkylation sites (tertiary alicyclic amines) is 1. The number of phenolic OH excluding ortho intramolecular Hbond substituents is 1. The molecule has 4 nitrogen and oxygen atoms in total. The first-order valence-electron chi connectivity index (χ1n) is 5.93. The molecule has 0 saturated carbocycles. The van der Waals surface area contributed by atoms with Crippen LogP contribution in [0.25, 0.3) is 0 Å². The van der Waals surface area contributed by atoms with Gasteiger partial charge in [-0.05, 0) is 36.6 Å². The summed E-state index contributed by atoms with van der Waals surface area (Å²) in [5.41, 5.74) is 6.33. The van der Waals surface area contributed by atoms with E-state index in [1.54, 1.807) is 12.1 Å². The van der Waals surface area contributed by atoms with Crippen LogP contribution in [-0.4, -0.2) is 35.0 Å². The zero-order valence-electron chi connectivity index (χ0n) is 9.97. The van der Waals surface area contributed by atoms with E-state index >= 15 is 0 Å². The number of nitrogens with two attached hydrogens (primary N) is 1. The lowest BCUT2D eigenvalue weighted by molar-refractivity contribution is 0.0727. The molecule has 0 aromatic heterocycles. The molecule has 0 spiro atoms. The first kappa shape index (κ1) is 11.9. The molecule has 1 aliphatic rings. The van der Waals surface area contributed by atoms with E-state index in [0.29, 0.717) is 18.0 Å². The second-order valence-electron chi connectivity index (χ2n) is 4.61. The van der Waals surface area contributed by atoms with Crippen molar-refractivity contribution in [2.45, 2.75) is 19.4 Å². The molecule has 1 heterocycles. The van der Waals surface area contributed by atoms with Gasteiger partial charge in [-0.1, -0.05) is 6.92 Å². The maximum absolute atomic E-state index is 12.3. The van der Waals surface area contributed by atoms with Gasteiger partial charge < -0.3 is 15.7 Å². The van der Waals surface area contributed by atoms with Gasteiger partial charge >= 0.3 is 0 Å². The maximum Gasteiger partial charge on any atom is 0.254 e. The van der Waals surface area contributed by atoms with Gasteiger partial charge in [-0.15, -0.1) is 0 Å². The summed E-state index contributed by atoms with van der Waals surface area (Å²) in [6.45, 7) is 3.40. The molecule has 2 atom stereocenters. The predicted octanol–water partition coefficient (Wildman–Crippen LogP) is 1.20. The first-order valence-corrected chi connectivity index (χ1v) is 5.93. The maximum atomic E-state index is 12.3. The third-order valence-corrected chi connectivity index (χ3v) is 3.50. The van der Waals surface area contributed by atoms with Crippen LogP contribution in [0.4, 0.5) is 0 Å². The third kappa shape index (κ3) is 2.26. The molecule has 2 unspecified atom stereocenters. The molecular formula is C13H18N2O2. The molecule has 1 aromatic carbocycles. The molecule has 1 aromatic rings. The van der Waals surface area contributed by atoms with Gasteiger partial charge in [-0.3, -0.25) is 4.79 Å². The summed E-state index contributed by atoms with van der Waals surface area (Å²) in [5, 5.41) is 9.20. The summed E-state index contributed by atoms with van der Waals surface area (Å²) < 4.78 is 0. The fourth-order valence-corrected chi connectivity index (χ4v) is 2.39. The Morgan fingerprint density at radius 1 is 1.47 bits per heavy atom. The van der Waals surface area contributed by atoms with Gasteiger partial charge in [-0.2, -0.15) is 0 Å². The van der Waals surface area contributed by atoms with Gasteiger partial charge in [0.15, 0.2) is 0 Å². The van der Waals surface area contributed by atoms with Gasteiger partial charge in [0, 0.05) is 24.7 Å². The zero-order valence-corrected chi connectivity index (χ0v) is 9.97. The molecule has 1 fully saturated rings. The first-order chi connectivity index (χ1) is 8.13.